The SMILES string of the molecule is CC1CCN(c2ccnc(C#N)c2)C(CN)C1. The van der Waals surface area contributed by atoms with Crippen LogP contribution in [0.2, 0.25) is 0 Å². The van der Waals surface area contributed by atoms with E-state index in [4.69, 9.17) is 11.0 Å². The Bertz CT molecular complexity index is 424. The zero-order chi connectivity index (χ0) is 12.3. The van der Waals surface area contributed by atoms with Gasteiger partial charge in [-0.3, -0.25) is 0 Å². The quantitative estimate of drug-likeness (QED) is 0.836. The first-order chi connectivity index (χ1) is 8.24. The Balaban J connectivity index is 2.22. The third kappa shape index (κ3) is 2.56. The van der Waals surface area contributed by atoms with Crippen LogP contribution < -0.4 is 10.6 Å². The molecule has 2 rings (SSSR count). The van der Waals surface area contributed by atoms with Gasteiger partial charge in [0.05, 0.1) is 0 Å². The minimum atomic E-state index is 0.382. The Morgan fingerprint density at radius 1 is 1.65 bits per heavy atom. The highest BCUT2D eigenvalue weighted by Crippen LogP contribution is 2.27. The Morgan fingerprint density at radius 3 is 3.18 bits per heavy atom. The first-order valence-corrected chi connectivity index (χ1v) is 6.07. The fourth-order valence-electron chi connectivity index (χ4n) is 2.47. The van der Waals surface area contributed by atoms with E-state index in [1.54, 1.807) is 6.20 Å². The highest BCUT2D eigenvalue weighted by atomic mass is 15.2. The molecule has 1 aliphatic rings. The summed E-state index contributed by atoms with van der Waals surface area (Å²) in [4.78, 5) is 6.31. The van der Waals surface area contributed by atoms with Gasteiger partial charge in [-0.1, -0.05) is 6.92 Å². The Labute approximate surface area is 102 Å². The molecule has 0 saturated carbocycles. The number of piperidine rings is 1. The van der Waals surface area contributed by atoms with Crippen LogP contribution in [0.4, 0.5) is 5.69 Å². The Morgan fingerprint density at radius 2 is 2.47 bits per heavy atom. The van der Waals surface area contributed by atoms with Gasteiger partial charge in [0.25, 0.3) is 0 Å². The minimum absolute atomic E-state index is 0.382. The molecule has 1 fully saturated rings. The molecule has 4 heteroatoms. The molecule has 2 heterocycles. The van der Waals surface area contributed by atoms with E-state index in [0.717, 1.165) is 24.6 Å². The van der Waals surface area contributed by atoms with Crippen molar-refractivity contribution in [2.24, 2.45) is 11.7 Å². The van der Waals surface area contributed by atoms with Crippen molar-refractivity contribution >= 4 is 5.69 Å². The van der Waals surface area contributed by atoms with Gasteiger partial charge >= 0.3 is 0 Å². The lowest BCUT2D eigenvalue weighted by Crippen LogP contribution is -2.46. The Hall–Kier alpha value is -1.60. The second-order valence-electron chi connectivity index (χ2n) is 4.72. The fraction of sp³-hybridized carbons (Fsp3) is 0.538. The summed E-state index contributed by atoms with van der Waals surface area (Å²) >= 11 is 0. The lowest BCUT2D eigenvalue weighted by molar-refractivity contribution is 0.367. The van der Waals surface area contributed by atoms with Crippen LogP contribution >= 0.6 is 0 Å². The van der Waals surface area contributed by atoms with Gasteiger partial charge in [0.15, 0.2) is 0 Å². The van der Waals surface area contributed by atoms with Crippen LogP contribution in [-0.4, -0.2) is 24.1 Å². The molecule has 0 aliphatic carbocycles. The number of hydrogen-bond donors (Lipinski definition) is 1. The maximum Gasteiger partial charge on any atom is 0.142 e. The highest BCUT2D eigenvalue weighted by Gasteiger charge is 2.25. The van der Waals surface area contributed by atoms with Crippen molar-refractivity contribution in [2.75, 3.05) is 18.0 Å². The van der Waals surface area contributed by atoms with E-state index in [1.807, 2.05) is 12.1 Å². The number of anilines is 1. The van der Waals surface area contributed by atoms with Crippen LogP contribution in [0, 0.1) is 17.2 Å². The molecular formula is C13H18N4. The summed E-state index contributed by atoms with van der Waals surface area (Å²) in [6, 6.07) is 6.26. The lowest BCUT2D eigenvalue weighted by Gasteiger charge is -2.39. The van der Waals surface area contributed by atoms with Gasteiger partial charge in [-0.25, -0.2) is 4.98 Å². The summed E-state index contributed by atoms with van der Waals surface area (Å²) in [5.41, 5.74) is 7.38. The molecule has 0 amide bonds. The van der Waals surface area contributed by atoms with Crippen molar-refractivity contribution in [3.8, 4) is 6.07 Å². The molecule has 2 unspecified atom stereocenters. The molecule has 4 nitrogen and oxygen atoms in total. The van der Waals surface area contributed by atoms with Crippen molar-refractivity contribution in [3.05, 3.63) is 24.0 Å². The zero-order valence-electron chi connectivity index (χ0n) is 10.1. The second kappa shape index (κ2) is 5.15. The Kier molecular flexibility index (Phi) is 3.60. The summed E-state index contributed by atoms with van der Waals surface area (Å²) in [5.74, 6) is 0.733. The van der Waals surface area contributed by atoms with E-state index in [2.05, 4.69) is 22.9 Å². The van der Waals surface area contributed by atoms with Crippen molar-refractivity contribution in [1.29, 1.82) is 5.26 Å². The first kappa shape index (κ1) is 11.9. The molecule has 1 aromatic rings. The summed E-state index contributed by atoms with van der Waals surface area (Å²) in [5, 5.41) is 8.87. The number of nitrogens with zero attached hydrogens (tertiary/aromatic N) is 3. The summed E-state index contributed by atoms with van der Waals surface area (Å²) in [7, 11) is 0. The molecule has 90 valence electrons. The zero-order valence-corrected chi connectivity index (χ0v) is 10.1. The third-order valence-electron chi connectivity index (χ3n) is 3.44. The molecule has 0 spiro atoms. The van der Waals surface area contributed by atoms with Crippen molar-refractivity contribution in [1.82, 2.24) is 4.98 Å². The maximum absolute atomic E-state index is 8.87. The smallest absolute Gasteiger partial charge is 0.142 e. The number of pyridine rings is 1. The summed E-state index contributed by atoms with van der Waals surface area (Å²) in [6.07, 6.45) is 4.00. The maximum atomic E-state index is 8.87. The van der Waals surface area contributed by atoms with E-state index < -0.39 is 0 Å². The van der Waals surface area contributed by atoms with Crippen molar-refractivity contribution in [3.63, 3.8) is 0 Å². The minimum Gasteiger partial charge on any atom is -0.367 e. The van der Waals surface area contributed by atoms with Crippen LogP contribution in [0.15, 0.2) is 18.3 Å². The van der Waals surface area contributed by atoms with Crippen LogP contribution in [0.3, 0.4) is 0 Å². The molecule has 17 heavy (non-hydrogen) atoms. The molecule has 0 radical (unpaired) electrons. The topological polar surface area (TPSA) is 65.9 Å². The van der Waals surface area contributed by atoms with E-state index in [-0.39, 0.29) is 0 Å². The number of rotatable bonds is 2. The van der Waals surface area contributed by atoms with Crippen molar-refractivity contribution < 1.29 is 0 Å². The molecule has 2 N–H and O–H groups in total. The van der Waals surface area contributed by atoms with Gasteiger partial charge in [-0.05, 0) is 30.9 Å². The largest absolute Gasteiger partial charge is 0.367 e. The van der Waals surface area contributed by atoms with E-state index in [0.29, 0.717) is 18.3 Å². The average molecular weight is 230 g/mol. The van der Waals surface area contributed by atoms with Crippen LogP contribution in [0.5, 0.6) is 0 Å². The van der Waals surface area contributed by atoms with Gasteiger partial charge in [-0.15, -0.1) is 0 Å². The number of hydrogen-bond acceptors (Lipinski definition) is 4. The van der Waals surface area contributed by atoms with Crippen LogP contribution in [-0.2, 0) is 0 Å². The average Bonchev–Trinajstić information content (AvgIpc) is 2.38. The fourth-order valence-corrected chi connectivity index (χ4v) is 2.47. The van der Waals surface area contributed by atoms with Gasteiger partial charge in [-0.2, -0.15) is 5.26 Å². The second-order valence-corrected chi connectivity index (χ2v) is 4.72. The van der Waals surface area contributed by atoms with Crippen molar-refractivity contribution in [2.45, 2.75) is 25.8 Å². The molecule has 1 aromatic heterocycles. The predicted molar refractivity (Wildman–Crippen MR) is 67.5 cm³/mol. The van der Waals surface area contributed by atoms with Crippen LogP contribution in [0.25, 0.3) is 0 Å². The molecular weight excluding hydrogens is 212 g/mol. The van der Waals surface area contributed by atoms with E-state index in [9.17, 15) is 0 Å². The monoisotopic (exact) mass is 230 g/mol. The highest BCUT2D eigenvalue weighted by molar-refractivity contribution is 5.50. The number of nitriles is 1. The molecule has 0 bridgehead atoms. The molecule has 1 aliphatic heterocycles. The first-order valence-electron chi connectivity index (χ1n) is 6.07. The van der Waals surface area contributed by atoms with E-state index >= 15 is 0 Å². The summed E-state index contributed by atoms with van der Waals surface area (Å²) in [6.45, 7) is 3.94. The summed E-state index contributed by atoms with van der Waals surface area (Å²) < 4.78 is 0. The van der Waals surface area contributed by atoms with Gasteiger partial charge in [0.2, 0.25) is 0 Å². The molecule has 1 saturated heterocycles. The lowest BCUT2D eigenvalue weighted by atomic mass is 9.92. The van der Waals surface area contributed by atoms with E-state index in [1.165, 1.54) is 6.42 Å². The van der Waals surface area contributed by atoms with Gasteiger partial charge < -0.3 is 10.6 Å². The molecule has 2 atom stereocenters. The normalized spacial score (nSPS) is 24.4. The van der Waals surface area contributed by atoms with Gasteiger partial charge in [0, 0.05) is 31.0 Å². The van der Waals surface area contributed by atoms with Crippen LogP contribution in [0.1, 0.15) is 25.5 Å². The predicted octanol–water partition coefficient (Wildman–Crippen LogP) is 1.52. The number of nitrogens with two attached hydrogens (primary N) is 1. The standard InChI is InChI=1S/C13H18N4/c1-10-3-5-17(13(6-10)9-15)12-2-4-16-11(7-12)8-14/h2,4,7,10,13H,3,5-6,9,15H2,1H3. The van der Waals surface area contributed by atoms with Gasteiger partial charge in [0.1, 0.15) is 11.8 Å². The molecule has 0 aromatic carbocycles. The third-order valence-corrected chi connectivity index (χ3v) is 3.44. The number of aromatic nitrogens is 1.